The molecule has 0 radical (unpaired) electrons. The van der Waals surface area contributed by atoms with Crippen molar-refractivity contribution in [1.82, 2.24) is 0 Å². The van der Waals surface area contributed by atoms with E-state index < -0.39 is 42.1 Å². The second-order valence-electron chi connectivity index (χ2n) is 6.80. The van der Waals surface area contributed by atoms with Crippen LogP contribution in [-0.2, 0) is 23.9 Å². The number of rotatable bonds is 3. The standard InChI is InChI=1S/C19H24O6/c1-10(2)18(22)25-17-15-12(4)19(23)24-14(15)8-11(3)6-5-7-13(9-20)16(17)21/h7-10,14-17,21H,4-6H2,1-3H3/b11-8+,13-7-. The van der Waals surface area contributed by atoms with E-state index in [0.29, 0.717) is 19.1 Å². The van der Waals surface area contributed by atoms with Gasteiger partial charge in [-0.3, -0.25) is 9.59 Å². The minimum atomic E-state index is -1.36. The highest BCUT2D eigenvalue weighted by Gasteiger charge is 2.48. The maximum Gasteiger partial charge on any atom is 0.334 e. The zero-order valence-electron chi connectivity index (χ0n) is 14.7. The lowest BCUT2D eigenvalue weighted by Crippen LogP contribution is -2.43. The van der Waals surface area contributed by atoms with Crippen LogP contribution in [0.3, 0.4) is 0 Å². The Morgan fingerprint density at radius 1 is 1.48 bits per heavy atom. The van der Waals surface area contributed by atoms with Gasteiger partial charge >= 0.3 is 11.9 Å². The number of ether oxygens (including phenoxy) is 2. The van der Waals surface area contributed by atoms with E-state index in [1.54, 1.807) is 26.0 Å². The molecule has 1 saturated heterocycles. The number of fused-ring (bicyclic) bond motifs is 1. The first-order valence-electron chi connectivity index (χ1n) is 8.37. The number of carbonyl (C=O) groups is 3. The summed E-state index contributed by atoms with van der Waals surface area (Å²) < 4.78 is 10.8. The minimum Gasteiger partial charge on any atom is -0.458 e. The summed E-state index contributed by atoms with van der Waals surface area (Å²) in [7, 11) is 0. The van der Waals surface area contributed by atoms with Crippen molar-refractivity contribution < 1.29 is 29.0 Å². The summed E-state index contributed by atoms with van der Waals surface area (Å²) in [5.41, 5.74) is 1.23. The molecule has 2 aliphatic rings. The predicted molar refractivity (Wildman–Crippen MR) is 90.4 cm³/mol. The molecule has 2 rings (SSSR count). The lowest BCUT2D eigenvalue weighted by molar-refractivity contribution is -0.162. The van der Waals surface area contributed by atoms with E-state index in [1.165, 1.54) is 0 Å². The highest BCUT2D eigenvalue weighted by molar-refractivity contribution is 5.91. The molecule has 0 aromatic carbocycles. The van der Waals surface area contributed by atoms with Crippen molar-refractivity contribution in [3.05, 3.63) is 35.5 Å². The van der Waals surface area contributed by atoms with E-state index >= 15 is 0 Å². The van der Waals surface area contributed by atoms with Gasteiger partial charge in [-0.1, -0.05) is 32.1 Å². The Hall–Kier alpha value is -2.21. The van der Waals surface area contributed by atoms with Crippen molar-refractivity contribution in [3.8, 4) is 0 Å². The number of carbonyl (C=O) groups excluding carboxylic acids is 3. The number of aliphatic hydroxyl groups is 1. The van der Waals surface area contributed by atoms with Gasteiger partial charge in [0, 0.05) is 11.1 Å². The SMILES string of the molecule is C=C1C(=O)OC2/C=C(\C)CC/C=C(/C=O)C(O)C(OC(=O)C(C)C)C12. The van der Waals surface area contributed by atoms with Gasteiger partial charge in [0.2, 0.25) is 0 Å². The Kier molecular flexibility index (Phi) is 5.95. The first-order valence-corrected chi connectivity index (χ1v) is 8.37. The number of esters is 2. The van der Waals surface area contributed by atoms with Crippen LogP contribution in [0.15, 0.2) is 35.5 Å². The molecule has 6 heteroatoms. The molecule has 1 N–H and O–H groups in total. The van der Waals surface area contributed by atoms with E-state index in [1.807, 2.05) is 6.92 Å². The van der Waals surface area contributed by atoms with Crippen LogP contribution in [0.5, 0.6) is 0 Å². The Balaban J connectivity index is 2.50. The van der Waals surface area contributed by atoms with Gasteiger partial charge in [-0.15, -0.1) is 0 Å². The maximum absolute atomic E-state index is 12.1. The largest absolute Gasteiger partial charge is 0.458 e. The van der Waals surface area contributed by atoms with Crippen LogP contribution in [0.1, 0.15) is 33.6 Å². The molecule has 4 unspecified atom stereocenters. The summed E-state index contributed by atoms with van der Waals surface area (Å²) in [5, 5.41) is 10.7. The van der Waals surface area contributed by atoms with Gasteiger partial charge in [-0.2, -0.15) is 0 Å². The van der Waals surface area contributed by atoms with E-state index in [-0.39, 0.29) is 11.1 Å². The fourth-order valence-corrected chi connectivity index (χ4v) is 2.99. The zero-order chi connectivity index (χ0) is 18.7. The van der Waals surface area contributed by atoms with Crippen LogP contribution in [-0.4, -0.2) is 41.6 Å². The highest BCUT2D eigenvalue weighted by Crippen LogP contribution is 2.36. The second kappa shape index (κ2) is 7.78. The second-order valence-corrected chi connectivity index (χ2v) is 6.80. The average Bonchev–Trinajstić information content (AvgIpc) is 2.82. The number of aldehydes is 1. The van der Waals surface area contributed by atoms with Gasteiger partial charge in [0.15, 0.2) is 0 Å². The number of hydrogen-bond acceptors (Lipinski definition) is 6. The van der Waals surface area contributed by atoms with Crippen LogP contribution >= 0.6 is 0 Å². The van der Waals surface area contributed by atoms with E-state index in [2.05, 4.69) is 6.58 Å². The van der Waals surface area contributed by atoms with Gasteiger partial charge in [-0.05, 0) is 25.8 Å². The first-order chi connectivity index (χ1) is 11.8. The molecule has 1 fully saturated rings. The molecule has 1 heterocycles. The van der Waals surface area contributed by atoms with Crippen LogP contribution in [0.4, 0.5) is 0 Å². The van der Waals surface area contributed by atoms with Crippen LogP contribution < -0.4 is 0 Å². The van der Waals surface area contributed by atoms with Crippen molar-refractivity contribution in [2.24, 2.45) is 11.8 Å². The molecule has 4 atom stereocenters. The van der Waals surface area contributed by atoms with Crippen molar-refractivity contribution in [2.75, 3.05) is 0 Å². The third-order valence-electron chi connectivity index (χ3n) is 4.50. The summed E-state index contributed by atoms with van der Waals surface area (Å²) in [6.07, 6.45) is 2.01. The van der Waals surface area contributed by atoms with Gasteiger partial charge in [0.05, 0.1) is 11.8 Å². The molecule has 0 aromatic rings. The first kappa shape index (κ1) is 19.1. The molecule has 136 valence electrons. The fraction of sp³-hybridized carbons (Fsp3) is 0.526. The summed E-state index contributed by atoms with van der Waals surface area (Å²) in [6, 6.07) is 0. The normalized spacial score (nSPS) is 34.3. The number of allylic oxidation sites excluding steroid dienone is 2. The Morgan fingerprint density at radius 3 is 2.76 bits per heavy atom. The number of hydrogen-bond donors (Lipinski definition) is 1. The Morgan fingerprint density at radius 2 is 2.16 bits per heavy atom. The monoisotopic (exact) mass is 348 g/mol. The Bertz CT molecular complexity index is 642. The van der Waals surface area contributed by atoms with Gasteiger partial charge in [-0.25, -0.2) is 4.79 Å². The highest BCUT2D eigenvalue weighted by atomic mass is 16.6. The summed E-state index contributed by atoms with van der Waals surface area (Å²) in [4.78, 5) is 35.6. The average molecular weight is 348 g/mol. The van der Waals surface area contributed by atoms with Crippen molar-refractivity contribution in [1.29, 1.82) is 0 Å². The fourth-order valence-electron chi connectivity index (χ4n) is 2.99. The molecular weight excluding hydrogens is 324 g/mol. The summed E-state index contributed by atoms with van der Waals surface area (Å²) in [6.45, 7) is 8.97. The predicted octanol–water partition coefficient (Wildman–Crippen LogP) is 1.88. The van der Waals surface area contributed by atoms with Crippen LogP contribution in [0, 0.1) is 11.8 Å². The molecule has 1 aliphatic heterocycles. The van der Waals surface area contributed by atoms with Crippen LogP contribution in [0.25, 0.3) is 0 Å². The smallest absolute Gasteiger partial charge is 0.334 e. The van der Waals surface area contributed by atoms with Crippen LogP contribution in [0.2, 0.25) is 0 Å². The van der Waals surface area contributed by atoms with Crippen molar-refractivity contribution in [2.45, 2.75) is 51.9 Å². The third kappa shape index (κ3) is 4.07. The lowest BCUT2D eigenvalue weighted by atomic mass is 9.83. The van der Waals surface area contributed by atoms with E-state index in [4.69, 9.17) is 9.47 Å². The molecular formula is C19H24O6. The van der Waals surface area contributed by atoms with Crippen molar-refractivity contribution in [3.63, 3.8) is 0 Å². The van der Waals surface area contributed by atoms with Gasteiger partial charge < -0.3 is 14.6 Å². The Labute approximate surface area is 147 Å². The quantitative estimate of drug-likeness (QED) is 0.362. The minimum absolute atomic E-state index is 0.125. The lowest BCUT2D eigenvalue weighted by Gasteiger charge is -2.31. The zero-order valence-corrected chi connectivity index (χ0v) is 14.7. The van der Waals surface area contributed by atoms with E-state index in [9.17, 15) is 19.5 Å². The summed E-state index contributed by atoms with van der Waals surface area (Å²) >= 11 is 0. The van der Waals surface area contributed by atoms with Gasteiger partial charge in [0.25, 0.3) is 0 Å². The maximum atomic E-state index is 12.1. The number of aliphatic hydroxyl groups excluding tert-OH is 1. The molecule has 0 amide bonds. The van der Waals surface area contributed by atoms with Gasteiger partial charge in [0.1, 0.15) is 24.6 Å². The molecule has 0 saturated carbocycles. The molecule has 6 nitrogen and oxygen atoms in total. The molecule has 1 aliphatic carbocycles. The third-order valence-corrected chi connectivity index (χ3v) is 4.50. The topological polar surface area (TPSA) is 89.9 Å². The molecule has 25 heavy (non-hydrogen) atoms. The van der Waals surface area contributed by atoms with E-state index in [0.717, 1.165) is 5.57 Å². The van der Waals surface area contributed by atoms with Crippen molar-refractivity contribution >= 4 is 18.2 Å². The molecule has 0 spiro atoms. The summed E-state index contributed by atoms with van der Waals surface area (Å²) in [5.74, 6) is -2.29. The molecule has 0 bridgehead atoms. The molecule has 0 aromatic heterocycles.